The summed E-state index contributed by atoms with van der Waals surface area (Å²) in [5, 5.41) is 4.96. The molecule has 7 aromatic carbocycles. The third kappa shape index (κ3) is 5.46. The average Bonchev–Trinajstić information content (AvgIpc) is 3.13. The van der Waals surface area contributed by atoms with Crippen LogP contribution in [0.1, 0.15) is 25.8 Å². The molecule has 0 aromatic heterocycles. The molecule has 0 N–H and O–H groups in total. The van der Waals surface area contributed by atoms with Gasteiger partial charge in [-0.05, 0) is 88.4 Å². The van der Waals surface area contributed by atoms with Gasteiger partial charge in [0.25, 0.3) is 0 Å². The molecule has 2 nitrogen and oxygen atoms in total. The van der Waals surface area contributed by atoms with Gasteiger partial charge >= 0.3 is 0 Å². The SMILES string of the molecule is CC1(C)CC(N(c2ccccc2)c2cccc3ccccc23)=CC=C1c1ccc(N(c2ccccc2)c2cccc3ccccc23)cc1. The van der Waals surface area contributed by atoms with Gasteiger partial charge in [-0.1, -0.05) is 141 Å². The zero-order valence-corrected chi connectivity index (χ0v) is 27.4. The topological polar surface area (TPSA) is 6.48 Å². The van der Waals surface area contributed by atoms with E-state index in [4.69, 9.17) is 0 Å². The van der Waals surface area contributed by atoms with Crippen LogP contribution in [0.4, 0.5) is 28.4 Å². The molecule has 1 aliphatic rings. The van der Waals surface area contributed by atoms with Crippen LogP contribution in [-0.4, -0.2) is 0 Å². The zero-order chi connectivity index (χ0) is 32.5. The Hall–Kier alpha value is -5.86. The molecule has 48 heavy (non-hydrogen) atoms. The number of allylic oxidation sites excluding steroid dienone is 4. The minimum Gasteiger partial charge on any atom is -0.314 e. The maximum atomic E-state index is 2.45. The smallest absolute Gasteiger partial charge is 0.0540 e. The Morgan fingerprint density at radius 2 is 0.875 bits per heavy atom. The van der Waals surface area contributed by atoms with E-state index in [1.165, 1.54) is 55.4 Å². The third-order valence-electron chi connectivity index (χ3n) is 9.56. The van der Waals surface area contributed by atoms with Crippen LogP contribution in [0.2, 0.25) is 0 Å². The molecule has 0 saturated carbocycles. The first kappa shape index (κ1) is 29.5. The molecular formula is C46H38N2. The van der Waals surface area contributed by atoms with Crippen molar-refractivity contribution in [3.05, 3.63) is 193 Å². The molecule has 0 saturated heterocycles. The summed E-state index contributed by atoms with van der Waals surface area (Å²) in [7, 11) is 0. The van der Waals surface area contributed by atoms with Crippen molar-refractivity contribution in [2.75, 3.05) is 9.80 Å². The number of anilines is 5. The van der Waals surface area contributed by atoms with Crippen LogP contribution in [0.3, 0.4) is 0 Å². The highest BCUT2D eigenvalue weighted by molar-refractivity contribution is 5.99. The van der Waals surface area contributed by atoms with E-state index in [0.29, 0.717) is 0 Å². The lowest BCUT2D eigenvalue weighted by molar-refractivity contribution is 0.487. The number of nitrogens with zero attached hydrogens (tertiary/aromatic N) is 2. The Morgan fingerprint density at radius 3 is 1.44 bits per heavy atom. The van der Waals surface area contributed by atoms with Crippen LogP contribution in [0.5, 0.6) is 0 Å². The van der Waals surface area contributed by atoms with Gasteiger partial charge in [-0.3, -0.25) is 0 Å². The molecule has 0 fully saturated rings. The van der Waals surface area contributed by atoms with Crippen LogP contribution >= 0.6 is 0 Å². The van der Waals surface area contributed by atoms with Gasteiger partial charge in [-0.25, -0.2) is 0 Å². The highest BCUT2D eigenvalue weighted by Gasteiger charge is 2.31. The monoisotopic (exact) mass is 618 g/mol. The molecule has 0 radical (unpaired) electrons. The van der Waals surface area contributed by atoms with Gasteiger partial charge in [0.2, 0.25) is 0 Å². The van der Waals surface area contributed by atoms with Crippen LogP contribution < -0.4 is 9.80 Å². The second kappa shape index (κ2) is 12.4. The highest BCUT2D eigenvalue weighted by Crippen LogP contribution is 2.47. The van der Waals surface area contributed by atoms with E-state index in [2.05, 4.69) is 206 Å². The van der Waals surface area contributed by atoms with Crippen molar-refractivity contribution in [1.29, 1.82) is 0 Å². The predicted molar refractivity (Wildman–Crippen MR) is 206 cm³/mol. The molecule has 0 unspecified atom stereocenters. The summed E-state index contributed by atoms with van der Waals surface area (Å²) in [5.74, 6) is 0. The van der Waals surface area contributed by atoms with Crippen LogP contribution in [0, 0.1) is 5.41 Å². The van der Waals surface area contributed by atoms with E-state index in [0.717, 1.165) is 17.8 Å². The Kier molecular flexibility index (Phi) is 7.62. The highest BCUT2D eigenvalue weighted by atomic mass is 15.2. The molecule has 0 bridgehead atoms. The fraction of sp³-hybridized carbons (Fsp3) is 0.0870. The van der Waals surface area contributed by atoms with Gasteiger partial charge in [-0.2, -0.15) is 0 Å². The first-order valence-electron chi connectivity index (χ1n) is 16.7. The number of fused-ring (bicyclic) bond motifs is 2. The van der Waals surface area contributed by atoms with Gasteiger partial charge in [0.1, 0.15) is 0 Å². The van der Waals surface area contributed by atoms with Gasteiger partial charge in [0.05, 0.1) is 11.4 Å². The number of hydrogen-bond acceptors (Lipinski definition) is 2. The van der Waals surface area contributed by atoms with E-state index in [9.17, 15) is 0 Å². The summed E-state index contributed by atoms with van der Waals surface area (Å²) in [6.45, 7) is 4.75. The van der Waals surface area contributed by atoms with Crippen LogP contribution in [0.15, 0.2) is 188 Å². The molecular weight excluding hydrogens is 581 g/mol. The van der Waals surface area contributed by atoms with Gasteiger partial charge in [0.15, 0.2) is 0 Å². The molecule has 7 aromatic rings. The van der Waals surface area contributed by atoms with Crippen LogP contribution in [0.25, 0.3) is 27.1 Å². The van der Waals surface area contributed by atoms with Gasteiger partial charge < -0.3 is 9.80 Å². The van der Waals surface area contributed by atoms with Crippen molar-refractivity contribution in [3.8, 4) is 0 Å². The molecule has 0 spiro atoms. The molecule has 0 aliphatic heterocycles. The molecule has 0 atom stereocenters. The summed E-state index contributed by atoms with van der Waals surface area (Å²) >= 11 is 0. The fourth-order valence-corrected chi connectivity index (χ4v) is 7.29. The number of para-hydroxylation sites is 2. The number of benzene rings is 7. The Bertz CT molecular complexity index is 2270. The quantitative estimate of drug-likeness (QED) is 0.175. The fourth-order valence-electron chi connectivity index (χ4n) is 7.29. The number of rotatable bonds is 7. The van der Waals surface area contributed by atoms with Crippen LogP contribution in [-0.2, 0) is 0 Å². The maximum Gasteiger partial charge on any atom is 0.0540 e. The third-order valence-corrected chi connectivity index (χ3v) is 9.56. The lowest BCUT2D eigenvalue weighted by atomic mass is 9.73. The Labute approximate surface area is 283 Å². The van der Waals surface area contributed by atoms with E-state index in [1.54, 1.807) is 0 Å². The molecule has 0 heterocycles. The Morgan fingerprint density at radius 1 is 0.417 bits per heavy atom. The molecule has 8 rings (SSSR count). The van der Waals surface area contributed by atoms with Crippen molar-refractivity contribution < 1.29 is 0 Å². The molecule has 1 aliphatic carbocycles. The summed E-state index contributed by atoms with van der Waals surface area (Å²) < 4.78 is 0. The first-order valence-corrected chi connectivity index (χ1v) is 16.7. The summed E-state index contributed by atoms with van der Waals surface area (Å²) in [6.07, 6.45) is 5.58. The second-order valence-electron chi connectivity index (χ2n) is 13.2. The summed E-state index contributed by atoms with van der Waals surface area (Å²) in [4.78, 5) is 4.81. The summed E-state index contributed by atoms with van der Waals surface area (Å²) in [5.41, 5.74) is 9.63. The minimum atomic E-state index is -0.0854. The van der Waals surface area contributed by atoms with E-state index >= 15 is 0 Å². The zero-order valence-electron chi connectivity index (χ0n) is 27.4. The van der Waals surface area contributed by atoms with E-state index in [1.807, 2.05) is 0 Å². The summed E-state index contributed by atoms with van der Waals surface area (Å²) in [6, 6.07) is 61.0. The van der Waals surface area contributed by atoms with Crippen molar-refractivity contribution >= 4 is 55.6 Å². The van der Waals surface area contributed by atoms with E-state index < -0.39 is 0 Å². The van der Waals surface area contributed by atoms with E-state index in [-0.39, 0.29) is 5.41 Å². The van der Waals surface area contributed by atoms with Gasteiger partial charge in [0, 0.05) is 33.5 Å². The largest absolute Gasteiger partial charge is 0.314 e. The van der Waals surface area contributed by atoms with Crippen molar-refractivity contribution in [2.24, 2.45) is 5.41 Å². The Balaban J connectivity index is 1.19. The standard InChI is InChI=1S/C46H38N2/c1-46(2)33-40(48(38-21-7-4-8-22-38)45-26-14-18-35-16-10-12-24-42(35)45)31-32-43(46)36-27-29-39(30-28-36)47(37-19-5-3-6-20-37)44-25-13-17-34-15-9-11-23-41(34)44/h3-32H,33H2,1-2H3. The second-order valence-corrected chi connectivity index (χ2v) is 13.2. The minimum absolute atomic E-state index is 0.0854. The molecule has 232 valence electrons. The van der Waals surface area contributed by atoms with Crippen molar-refractivity contribution in [3.63, 3.8) is 0 Å². The predicted octanol–water partition coefficient (Wildman–Crippen LogP) is 13.0. The first-order chi connectivity index (χ1) is 23.6. The number of hydrogen-bond donors (Lipinski definition) is 0. The molecule has 0 amide bonds. The van der Waals surface area contributed by atoms with Crippen molar-refractivity contribution in [2.45, 2.75) is 20.3 Å². The molecule has 2 heteroatoms. The lowest BCUT2D eigenvalue weighted by Gasteiger charge is -2.38. The average molecular weight is 619 g/mol. The van der Waals surface area contributed by atoms with Gasteiger partial charge in [-0.15, -0.1) is 0 Å². The van der Waals surface area contributed by atoms with Crippen molar-refractivity contribution in [1.82, 2.24) is 0 Å². The lowest BCUT2D eigenvalue weighted by Crippen LogP contribution is -2.26. The maximum absolute atomic E-state index is 2.45. The normalized spacial score (nSPS) is 14.0.